The summed E-state index contributed by atoms with van der Waals surface area (Å²) < 4.78 is 5.69. The highest BCUT2D eigenvalue weighted by Gasteiger charge is 2.17. The fourth-order valence-electron chi connectivity index (χ4n) is 2.45. The average molecular weight is 339 g/mol. The van der Waals surface area contributed by atoms with Gasteiger partial charge in [-0.25, -0.2) is 0 Å². The van der Waals surface area contributed by atoms with Crippen molar-refractivity contribution in [2.45, 2.75) is 12.8 Å². The summed E-state index contributed by atoms with van der Waals surface area (Å²) >= 11 is 6.13. The van der Waals surface area contributed by atoms with Crippen molar-refractivity contribution < 1.29 is 9.84 Å². The summed E-state index contributed by atoms with van der Waals surface area (Å²) in [6.45, 7) is 0. The molecular weight excluding hydrogens is 324 g/mol. The molecule has 0 radical (unpaired) electrons. The van der Waals surface area contributed by atoms with Crippen LogP contribution in [0, 0.1) is 17.2 Å². The minimum Gasteiger partial charge on any atom is -0.504 e. The fraction of sp³-hybridized carbons (Fsp3) is 0.158. The Balaban J connectivity index is 1.73. The van der Waals surface area contributed by atoms with Crippen LogP contribution in [0.25, 0.3) is 0 Å². The number of phenolic OH excluding ortho intramolecular Hbond substituents is 1. The Kier molecular flexibility index (Phi) is 4.83. The van der Waals surface area contributed by atoms with Crippen molar-refractivity contribution in [2.75, 3.05) is 0 Å². The van der Waals surface area contributed by atoms with Gasteiger partial charge in [-0.05, 0) is 60.4 Å². The standard InChI is InChI=1S/C19H15ClN2O2/c20-16-10-15(12-21)2-3-18(16)24-19-4-1-14(11-17(19)23)9-13-5-7-22-8-6-13/h1,3-8,10-11,15,23H,2,9H2. The number of rotatable bonds is 4. The molecule has 1 N–H and O–H groups in total. The predicted molar refractivity (Wildman–Crippen MR) is 91.5 cm³/mol. The van der Waals surface area contributed by atoms with Gasteiger partial charge in [-0.1, -0.05) is 17.7 Å². The van der Waals surface area contributed by atoms with Crippen LogP contribution in [0.1, 0.15) is 17.5 Å². The molecule has 0 amide bonds. The van der Waals surface area contributed by atoms with Crippen molar-refractivity contribution in [1.82, 2.24) is 4.98 Å². The van der Waals surface area contributed by atoms with Crippen LogP contribution in [0.15, 0.2) is 65.7 Å². The van der Waals surface area contributed by atoms with Crippen LogP contribution in [-0.4, -0.2) is 10.1 Å². The van der Waals surface area contributed by atoms with Gasteiger partial charge in [-0.2, -0.15) is 5.26 Å². The van der Waals surface area contributed by atoms with E-state index in [1.165, 1.54) is 0 Å². The van der Waals surface area contributed by atoms with E-state index in [1.807, 2.05) is 18.2 Å². The number of hydrogen-bond donors (Lipinski definition) is 1. The first kappa shape index (κ1) is 16.1. The zero-order chi connectivity index (χ0) is 16.9. The zero-order valence-electron chi connectivity index (χ0n) is 12.8. The van der Waals surface area contributed by atoms with Gasteiger partial charge in [0, 0.05) is 12.4 Å². The van der Waals surface area contributed by atoms with Gasteiger partial charge in [-0.15, -0.1) is 0 Å². The molecule has 0 saturated carbocycles. The highest BCUT2D eigenvalue weighted by atomic mass is 35.5. The Labute approximate surface area is 145 Å². The Hall–Kier alpha value is -2.77. The first-order valence-corrected chi connectivity index (χ1v) is 7.89. The molecule has 24 heavy (non-hydrogen) atoms. The Morgan fingerprint density at radius 3 is 2.71 bits per heavy atom. The van der Waals surface area contributed by atoms with Gasteiger partial charge >= 0.3 is 0 Å². The highest BCUT2D eigenvalue weighted by Crippen LogP contribution is 2.33. The summed E-state index contributed by atoms with van der Waals surface area (Å²) in [7, 11) is 0. The third-order valence-electron chi connectivity index (χ3n) is 3.71. The molecule has 0 fully saturated rings. The number of nitriles is 1. The van der Waals surface area contributed by atoms with Gasteiger partial charge in [0.1, 0.15) is 5.76 Å². The second-order valence-corrected chi connectivity index (χ2v) is 5.90. The van der Waals surface area contributed by atoms with Crippen LogP contribution in [0.2, 0.25) is 0 Å². The maximum Gasteiger partial charge on any atom is 0.169 e. The molecule has 1 aliphatic carbocycles. The molecule has 1 aromatic carbocycles. The van der Waals surface area contributed by atoms with Crippen LogP contribution in [0.3, 0.4) is 0 Å². The third kappa shape index (κ3) is 3.76. The van der Waals surface area contributed by atoms with Gasteiger partial charge < -0.3 is 9.84 Å². The van der Waals surface area contributed by atoms with Crippen LogP contribution in [0.5, 0.6) is 11.5 Å². The molecule has 0 bridgehead atoms. The highest BCUT2D eigenvalue weighted by molar-refractivity contribution is 6.31. The van der Waals surface area contributed by atoms with Crippen LogP contribution < -0.4 is 4.74 Å². The Bertz CT molecular complexity index is 838. The minimum atomic E-state index is -0.235. The molecule has 0 aliphatic heterocycles. The average Bonchev–Trinajstić information content (AvgIpc) is 2.59. The van der Waals surface area contributed by atoms with E-state index in [0.717, 1.165) is 11.1 Å². The molecule has 1 heterocycles. The molecule has 1 atom stereocenters. The lowest BCUT2D eigenvalue weighted by atomic mass is 10.0. The SMILES string of the molecule is N#CC1C=C(Cl)C(Oc2ccc(Cc3ccncc3)cc2O)=CC1. The summed E-state index contributed by atoms with van der Waals surface area (Å²) in [5.41, 5.74) is 2.08. The normalized spacial score (nSPS) is 16.8. The second-order valence-electron chi connectivity index (χ2n) is 5.49. The molecule has 1 aromatic heterocycles. The van der Waals surface area contributed by atoms with Gasteiger partial charge in [0.25, 0.3) is 0 Å². The number of allylic oxidation sites excluding steroid dienone is 3. The summed E-state index contributed by atoms with van der Waals surface area (Å²) in [6, 6.07) is 11.3. The third-order valence-corrected chi connectivity index (χ3v) is 4.02. The number of hydrogen-bond acceptors (Lipinski definition) is 4. The summed E-state index contributed by atoms with van der Waals surface area (Å²) in [6.07, 6.45) is 8.15. The largest absolute Gasteiger partial charge is 0.504 e. The maximum atomic E-state index is 10.2. The van der Waals surface area contributed by atoms with Gasteiger partial charge in [0.05, 0.1) is 17.0 Å². The first-order chi connectivity index (χ1) is 11.7. The van der Waals surface area contributed by atoms with Crippen molar-refractivity contribution in [2.24, 2.45) is 5.92 Å². The Morgan fingerprint density at radius 1 is 1.25 bits per heavy atom. The molecular formula is C19H15ClN2O2. The lowest BCUT2D eigenvalue weighted by Gasteiger charge is -2.16. The molecule has 1 unspecified atom stereocenters. The van der Waals surface area contributed by atoms with Crippen LogP contribution in [0.4, 0.5) is 0 Å². The number of halogens is 1. The zero-order valence-corrected chi connectivity index (χ0v) is 13.6. The van der Waals surface area contributed by atoms with E-state index >= 15 is 0 Å². The quantitative estimate of drug-likeness (QED) is 0.902. The monoisotopic (exact) mass is 338 g/mol. The van der Waals surface area contributed by atoms with E-state index in [9.17, 15) is 5.11 Å². The molecule has 3 rings (SSSR count). The van der Waals surface area contributed by atoms with E-state index < -0.39 is 0 Å². The van der Waals surface area contributed by atoms with Gasteiger partial charge in [0.2, 0.25) is 0 Å². The van der Waals surface area contributed by atoms with Crippen LogP contribution in [-0.2, 0) is 6.42 Å². The van der Waals surface area contributed by atoms with Crippen molar-refractivity contribution in [3.8, 4) is 17.6 Å². The minimum absolute atomic E-state index is 0.0503. The molecule has 5 heteroatoms. The van der Waals surface area contributed by atoms with E-state index in [0.29, 0.717) is 29.4 Å². The van der Waals surface area contributed by atoms with Gasteiger partial charge in [-0.3, -0.25) is 4.98 Å². The van der Waals surface area contributed by atoms with E-state index in [4.69, 9.17) is 21.6 Å². The second kappa shape index (κ2) is 7.20. The number of nitrogens with zero attached hydrogens (tertiary/aromatic N) is 2. The molecule has 0 saturated heterocycles. The van der Waals surface area contributed by atoms with Crippen molar-refractivity contribution in [1.29, 1.82) is 5.26 Å². The molecule has 4 nitrogen and oxygen atoms in total. The van der Waals surface area contributed by atoms with Crippen molar-refractivity contribution in [3.05, 3.63) is 76.8 Å². The lowest BCUT2D eigenvalue weighted by Crippen LogP contribution is -2.05. The summed E-state index contributed by atoms with van der Waals surface area (Å²) in [5.74, 6) is 0.609. The number of pyridine rings is 1. The maximum absolute atomic E-state index is 10.2. The predicted octanol–water partition coefficient (Wildman–Crippen LogP) is 4.31. The van der Waals surface area contributed by atoms with E-state index in [-0.39, 0.29) is 11.7 Å². The van der Waals surface area contributed by atoms with Crippen molar-refractivity contribution >= 4 is 11.6 Å². The summed E-state index contributed by atoms with van der Waals surface area (Å²) in [4.78, 5) is 3.99. The fourth-order valence-corrected chi connectivity index (χ4v) is 2.72. The van der Waals surface area contributed by atoms with E-state index in [1.54, 1.807) is 36.7 Å². The molecule has 1 aliphatic rings. The van der Waals surface area contributed by atoms with Crippen molar-refractivity contribution in [3.63, 3.8) is 0 Å². The number of phenols is 1. The first-order valence-electron chi connectivity index (χ1n) is 7.52. The number of aromatic hydroxyl groups is 1. The smallest absolute Gasteiger partial charge is 0.169 e. The Morgan fingerprint density at radius 2 is 2.04 bits per heavy atom. The van der Waals surface area contributed by atoms with Crippen LogP contribution >= 0.6 is 11.6 Å². The number of aromatic nitrogens is 1. The number of ether oxygens (including phenoxy) is 1. The van der Waals surface area contributed by atoms with Gasteiger partial charge in [0.15, 0.2) is 11.5 Å². The molecule has 2 aromatic rings. The molecule has 0 spiro atoms. The topological polar surface area (TPSA) is 66.1 Å². The van der Waals surface area contributed by atoms with E-state index in [2.05, 4.69) is 11.1 Å². The molecule has 120 valence electrons. The summed E-state index contributed by atoms with van der Waals surface area (Å²) in [5, 5.41) is 19.5. The number of benzene rings is 1. The lowest BCUT2D eigenvalue weighted by molar-refractivity contribution is 0.386.